The second kappa shape index (κ2) is 7.56. The third kappa shape index (κ3) is 3.64. The predicted octanol–water partition coefficient (Wildman–Crippen LogP) is 4.52. The number of benzene rings is 1. The average Bonchev–Trinajstić information content (AvgIpc) is 2.66. The fourth-order valence-corrected chi connectivity index (χ4v) is 4.11. The van der Waals surface area contributed by atoms with Crippen LogP contribution in [-0.4, -0.2) is 22.1 Å². The van der Waals surface area contributed by atoms with Crippen LogP contribution in [0.4, 0.5) is 10.3 Å². The maximum absolute atomic E-state index is 14.1. The van der Waals surface area contributed by atoms with E-state index in [1.54, 1.807) is 19.2 Å². The summed E-state index contributed by atoms with van der Waals surface area (Å²) in [6.07, 6.45) is 3.17. The number of nitrogens with zero attached hydrogens (tertiary/aromatic N) is 4. The first kappa shape index (κ1) is 20.3. The van der Waals surface area contributed by atoms with Crippen molar-refractivity contribution in [2.75, 3.05) is 11.4 Å². The molecule has 1 aliphatic rings. The summed E-state index contributed by atoms with van der Waals surface area (Å²) in [4.78, 5) is 19.7. The number of anilines is 1. The molecule has 148 valence electrons. The van der Waals surface area contributed by atoms with Crippen molar-refractivity contribution in [3.8, 4) is 17.3 Å². The van der Waals surface area contributed by atoms with Crippen molar-refractivity contribution < 1.29 is 4.39 Å². The molecule has 1 aliphatic heterocycles. The van der Waals surface area contributed by atoms with E-state index in [4.69, 9.17) is 21.8 Å². The van der Waals surface area contributed by atoms with Crippen molar-refractivity contribution in [2.24, 2.45) is 12.5 Å². The van der Waals surface area contributed by atoms with Crippen LogP contribution >= 0.6 is 11.6 Å². The summed E-state index contributed by atoms with van der Waals surface area (Å²) in [5.41, 5.74) is 0.196. The molecule has 0 aliphatic carbocycles. The van der Waals surface area contributed by atoms with E-state index in [1.165, 1.54) is 16.7 Å². The third-order valence-electron chi connectivity index (χ3n) is 5.33. The van der Waals surface area contributed by atoms with Crippen molar-refractivity contribution in [2.45, 2.75) is 46.1 Å². The Balaban J connectivity index is 2.18. The largest absolute Gasteiger partial charge is 0.339 e. The Morgan fingerprint density at radius 1 is 1.32 bits per heavy atom. The van der Waals surface area contributed by atoms with E-state index in [9.17, 15) is 9.18 Å². The van der Waals surface area contributed by atoms with Crippen molar-refractivity contribution in [3.63, 3.8) is 0 Å². The molecule has 1 saturated heterocycles. The van der Waals surface area contributed by atoms with Crippen molar-refractivity contribution in [1.82, 2.24) is 9.55 Å². The van der Waals surface area contributed by atoms with E-state index < -0.39 is 5.82 Å². The molecule has 0 radical (unpaired) electrons. The minimum absolute atomic E-state index is 0.0124. The lowest BCUT2D eigenvalue weighted by atomic mass is 9.81. The maximum atomic E-state index is 14.1. The summed E-state index contributed by atoms with van der Waals surface area (Å²) in [7, 11) is 1.66. The first-order valence-corrected chi connectivity index (χ1v) is 9.76. The average molecular weight is 403 g/mol. The van der Waals surface area contributed by atoms with Gasteiger partial charge in [-0.25, -0.2) is 9.37 Å². The van der Waals surface area contributed by atoms with Crippen LogP contribution in [0.2, 0.25) is 5.02 Å². The van der Waals surface area contributed by atoms with Crippen LogP contribution in [0.5, 0.6) is 0 Å². The molecule has 3 rings (SSSR count). The number of hydrogen-bond acceptors (Lipinski definition) is 4. The molecule has 0 saturated carbocycles. The van der Waals surface area contributed by atoms with Gasteiger partial charge in [0.2, 0.25) is 5.95 Å². The van der Waals surface area contributed by atoms with E-state index in [1.807, 2.05) is 0 Å². The van der Waals surface area contributed by atoms with Crippen LogP contribution in [0.3, 0.4) is 0 Å². The highest BCUT2D eigenvalue weighted by atomic mass is 35.5. The molecule has 5 nitrogen and oxygen atoms in total. The smallest absolute Gasteiger partial charge is 0.274 e. The van der Waals surface area contributed by atoms with E-state index >= 15 is 0 Å². The van der Waals surface area contributed by atoms with Gasteiger partial charge in [-0.1, -0.05) is 38.4 Å². The molecule has 2 heterocycles. The van der Waals surface area contributed by atoms with Gasteiger partial charge in [-0.15, -0.1) is 0 Å². The first-order chi connectivity index (χ1) is 13.1. The Kier molecular flexibility index (Phi) is 5.49. The summed E-state index contributed by atoms with van der Waals surface area (Å²) in [5, 5.41) is 8.89. The highest BCUT2D eigenvalue weighted by Gasteiger charge is 2.35. The van der Waals surface area contributed by atoms with Crippen LogP contribution < -0.4 is 10.5 Å². The molecule has 0 bridgehead atoms. The van der Waals surface area contributed by atoms with E-state index in [0.29, 0.717) is 11.5 Å². The Morgan fingerprint density at radius 2 is 2.04 bits per heavy atom. The van der Waals surface area contributed by atoms with Gasteiger partial charge in [-0.2, -0.15) is 5.26 Å². The van der Waals surface area contributed by atoms with Crippen LogP contribution in [0.1, 0.15) is 45.6 Å². The van der Waals surface area contributed by atoms with Crippen LogP contribution in [0, 0.1) is 22.6 Å². The number of piperidine rings is 1. The molecule has 1 fully saturated rings. The summed E-state index contributed by atoms with van der Waals surface area (Å²) < 4.78 is 15.6. The number of aromatic nitrogens is 2. The molecule has 1 unspecified atom stereocenters. The summed E-state index contributed by atoms with van der Waals surface area (Å²) in [6, 6.07) is 6.16. The van der Waals surface area contributed by atoms with Gasteiger partial charge in [0.1, 0.15) is 16.9 Å². The van der Waals surface area contributed by atoms with E-state index in [-0.39, 0.29) is 33.3 Å². The second-order valence-electron chi connectivity index (χ2n) is 8.32. The fraction of sp³-hybridized carbons (Fsp3) is 0.476. The minimum atomic E-state index is -0.661. The lowest BCUT2D eigenvalue weighted by molar-refractivity contribution is 0.257. The molecular formula is C21H24ClFN4O. The van der Waals surface area contributed by atoms with Gasteiger partial charge < -0.3 is 4.90 Å². The van der Waals surface area contributed by atoms with Crippen LogP contribution in [-0.2, 0) is 7.05 Å². The van der Waals surface area contributed by atoms with Crippen molar-refractivity contribution in [3.05, 3.63) is 45.0 Å². The number of nitriles is 1. The Bertz CT molecular complexity index is 1000. The Labute approximate surface area is 169 Å². The quantitative estimate of drug-likeness (QED) is 0.741. The van der Waals surface area contributed by atoms with Gasteiger partial charge in [0.05, 0.1) is 11.3 Å². The summed E-state index contributed by atoms with van der Waals surface area (Å²) in [5.74, 6) is -0.126. The molecule has 1 aromatic carbocycles. The zero-order valence-electron chi connectivity index (χ0n) is 16.6. The minimum Gasteiger partial charge on any atom is -0.339 e. The molecule has 28 heavy (non-hydrogen) atoms. The number of rotatable bonds is 2. The molecule has 0 amide bonds. The van der Waals surface area contributed by atoms with E-state index in [0.717, 1.165) is 25.8 Å². The molecule has 7 heteroatoms. The molecule has 1 atom stereocenters. The van der Waals surface area contributed by atoms with Gasteiger partial charge in [0.25, 0.3) is 5.56 Å². The Morgan fingerprint density at radius 3 is 2.64 bits per heavy atom. The molecule has 2 aromatic rings. The highest BCUT2D eigenvalue weighted by molar-refractivity contribution is 6.32. The fourth-order valence-electron chi connectivity index (χ4n) is 3.84. The normalized spacial score (nSPS) is 17.5. The van der Waals surface area contributed by atoms with E-state index in [2.05, 4.69) is 25.7 Å². The molecule has 0 spiro atoms. The molecule has 0 N–H and O–H groups in total. The zero-order valence-corrected chi connectivity index (χ0v) is 17.3. The zero-order chi connectivity index (χ0) is 20.6. The van der Waals surface area contributed by atoms with Gasteiger partial charge in [0.15, 0.2) is 0 Å². The third-order valence-corrected chi connectivity index (χ3v) is 5.68. The van der Waals surface area contributed by atoms with Crippen molar-refractivity contribution in [1.29, 1.82) is 5.26 Å². The second-order valence-corrected chi connectivity index (χ2v) is 8.69. The predicted molar refractivity (Wildman–Crippen MR) is 109 cm³/mol. The SMILES string of the molecule is Cn1c(N2CCCCC2C(C)(C)C)nc(-c2ccc(C#N)c(F)c2)c(Cl)c1=O. The molecular weight excluding hydrogens is 379 g/mol. The van der Waals surface area contributed by atoms with Gasteiger partial charge in [-0.05, 0) is 36.8 Å². The topological polar surface area (TPSA) is 61.9 Å². The first-order valence-electron chi connectivity index (χ1n) is 9.38. The van der Waals surface area contributed by atoms with Crippen molar-refractivity contribution >= 4 is 17.5 Å². The van der Waals surface area contributed by atoms with Gasteiger partial charge in [0, 0.05) is 25.2 Å². The number of halogens is 2. The molecule has 1 aromatic heterocycles. The van der Waals surface area contributed by atoms with Gasteiger partial charge in [-0.3, -0.25) is 9.36 Å². The lowest BCUT2D eigenvalue weighted by Gasteiger charge is -2.44. The lowest BCUT2D eigenvalue weighted by Crippen LogP contribution is -2.49. The highest BCUT2D eigenvalue weighted by Crippen LogP contribution is 2.35. The van der Waals surface area contributed by atoms with Gasteiger partial charge >= 0.3 is 0 Å². The summed E-state index contributed by atoms with van der Waals surface area (Å²) in [6.45, 7) is 7.34. The maximum Gasteiger partial charge on any atom is 0.274 e. The summed E-state index contributed by atoms with van der Waals surface area (Å²) >= 11 is 6.29. The number of hydrogen-bond donors (Lipinski definition) is 0. The Hall–Kier alpha value is -2.39. The monoisotopic (exact) mass is 402 g/mol. The standard InChI is InChI=1S/C21H24ClFN4O/c1-21(2,3)16-7-5-6-10-27(16)20-25-18(17(22)19(28)26(20)4)13-8-9-14(12-24)15(23)11-13/h8-9,11,16H,5-7,10H2,1-4H3. The van der Waals surface area contributed by atoms with Crippen LogP contribution in [0.15, 0.2) is 23.0 Å². The van der Waals surface area contributed by atoms with Crippen LogP contribution in [0.25, 0.3) is 11.3 Å².